The Hall–Kier alpha value is -1.96. The van der Waals surface area contributed by atoms with Gasteiger partial charge in [-0.3, -0.25) is 10.1 Å². The Morgan fingerprint density at radius 2 is 2.21 bits per heavy atom. The van der Waals surface area contributed by atoms with E-state index < -0.39 is 23.4 Å². The predicted octanol–water partition coefficient (Wildman–Crippen LogP) is 0.608. The number of benzene rings is 1. The first-order valence-electron chi connectivity index (χ1n) is 5.64. The molecule has 0 amide bonds. The van der Waals surface area contributed by atoms with Crippen LogP contribution in [0.15, 0.2) is 36.4 Å². The van der Waals surface area contributed by atoms with E-state index in [0.29, 0.717) is 0 Å². The SMILES string of the molecule is O=[N+]([O-])c1cccc(O[C@@H]2C=C[C@H](O)[C@@H](CO)O2)c1. The number of aliphatic hydroxyl groups excluding tert-OH is 2. The maximum atomic E-state index is 10.6. The van der Waals surface area contributed by atoms with Gasteiger partial charge >= 0.3 is 0 Å². The monoisotopic (exact) mass is 267 g/mol. The van der Waals surface area contributed by atoms with Crippen LogP contribution < -0.4 is 4.74 Å². The first kappa shape index (κ1) is 13.5. The lowest BCUT2D eigenvalue weighted by atomic mass is 10.1. The lowest BCUT2D eigenvalue weighted by molar-refractivity contribution is -0.385. The van der Waals surface area contributed by atoms with Crippen LogP contribution in [-0.2, 0) is 4.74 Å². The minimum absolute atomic E-state index is 0.0870. The van der Waals surface area contributed by atoms with Gasteiger partial charge in [0.1, 0.15) is 18.0 Å². The summed E-state index contributed by atoms with van der Waals surface area (Å²) in [5.74, 6) is 0.275. The normalized spacial score (nSPS) is 26.1. The average molecular weight is 267 g/mol. The number of rotatable bonds is 4. The summed E-state index contributed by atoms with van der Waals surface area (Å²) in [6.45, 7) is -0.347. The Morgan fingerprint density at radius 3 is 2.89 bits per heavy atom. The lowest BCUT2D eigenvalue weighted by Crippen LogP contribution is -2.39. The highest BCUT2D eigenvalue weighted by atomic mass is 16.7. The van der Waals surface area contributed by atoms with E-state index in [4.69, 9.17) is 14.6 Å². The Labute approximate surface area is 108 Å². The first-order chi connectivity index (χ1) is 9.10. The largest absolute Gasteiger partial charge is 0.461 e. The number of aliphatic hydroxyl groups is 2. The second-order valence-electron chi connectivity index (χ2n) is 3.97. The van der Waals surface area contributed by atoms with Gasteiger partial charge < -0.3 is 19.7 Å². The van der Waals surface area contributed by atoms with E-state index in [0.717, 1.165) is 0 Å². The summed E-state index contributed by atoms with van der Waals surface area (Å²) >= 11 is 0. The summed E-state index contributed by atoms with van der Waals surface area (Å²) in [5, 5.41) is 29.1. The van der Waals surface area contributed by atoms with Crippen molar-refractivity contribution < 1.29 is 24.6 Å². The highest BCUT2D eigenvalue weighted by molar-refractivity contribution is 5.38. The van der Waals surface area contributed by atoms with Crippen LogP contribution in [0.25, 0.3) is 0 Å². The highest BCUT2D eigenvalue weighted by Gasteiger charge is 2.26. The molecule has 19 heavy (non-hydrogen) atoms. The third kappa shape index (κ3) is 3.28. The van der Waals surface area contributed by atoms with Crippen LogP contribution in [0, 0.1) is 10.1 Å². The fourth-order valence-electron chi connectivity index (χ4n) is 1.65. The van der Waals surface area contributed by atoms with Crippen LogP contribution in [0.4, 0.5) is 5.69 Å². The van der Waals surface area contributed by atoms with Crippen molar-refractivity contribution in [1.82, 2.24) is 0 Å². The van der Waals surface area contributed by atoms with E-state index in [-0.39, 0.29) is 18.0 Å². The topological polar surface area (TPSA) is 102 Å². The summed E-state index contributed by atoms with van der Waals surface area (Å²) < 4.78 is 10.7. The van der Waals surface area contributed by atoms with E-state index in [1.807, 2.05) is 0 Å². The number of non-ortho nitro benzene ring substituents is 1. The third-order valence-corrected chi connectivity index (χ3v) is 2.62. The molecule has 1 aliphatic rings. The van der Waals surface area contributed by atoms with Crippen LogP contribution in [0.3, 0.4) is 0 Å². The quantitative estimate of drug-likeness (QED) is 0.470. The Kier molecular flexibility index (Phi) is 4.10. The third-order valence-electron chi connectivity index (χ3n) is 2.62. The van der Waals surface area contributed by atoms with Crippen molar-refractivity contribution in [1.29, 1.82) is 0 Å². The van der Waals surface area contributed by atoms with Crippen molar-refractivity contribution in [2.45, 2.75) is 18.5 Å². The van der Waals surface area contributed by atoms with Crippen molar-refractivity contribution >= 4 is 5.69 Å². The van der Waals surface area contributed by atoms with Gasteiger partial charge in [-0.05, 0) is 12.1 Å². The van der Waals surface area contributed by atoms with E-state index in [2.05, 4.69) is 0 Å². The Bertz CT molecular complexity index is 489. The molecule has 7 heteroatoms. The number of nitrogens with zero attached hydrogens (tertiary/aromatic N) is 1. The number of ether oxygens (including phenoxy) is 2. The fourth-order valence-corrected chi connectivity index (χ4v) is 1.65. The molecule has 0 bridgehead atoms. The predicted molar refractivity (Wildman–Crippen MR) is 64.6 cm³/mol. The van der Waals surface area contributed by atoms with Crippen molar-refractivity contribution in [3.8, 4) is 5.75 Å². The average Bonchev–Trinajstić information content (AvgIpc) is 2.41. The molecule has 7 nitrogen and oxygen atoms in total. The second kappa shape index (κ2) is 5.79. The maximum Gasteiger partial charge on any atom is 0.273 e. The van der Waals surface area contributed by atoms with Gasteiger partial charge in [-0.2, -0.15) is 0 Å². The summed E-state index contributed by atoms with van der Waals surface area (Å²) in [4.78, 5) is 10.1. The van der Waals surface area contributed by atoms with Crippen molar-refractivity contribution in [2.24, 2.45) is 0 Å². The summed E-state index contributed by atoms with van der Waals surface area (Å²) in [5.41, 5.74) is -0.0870. The van der Waals surface area contributed by atoms with E-state index >= 15 is 0 Å². The number of hydrogen-bond acceptors (Lipinski definition) is 6. The minimum Gasteiger partial charge on any atom is -0.461 e. The Morgan fingerprint density at radius 1 is 1.42 bits per heavy atom. The zero-order valence-electron chi connectivity index (χ0n) is 9.88. The van der Waals surface area contributed by atoms with Crippen LogP contribution in [0.2, 0.25) is 0 Å². The van der Waals surface area contributed by atoms with Gasteiger partial charge in [0.2, 0.25) is 6.29 Å². The van der Waals surface area contributed by atoms with Gasteiger partial charge in [0.15, 0.2) is 0 Å². The molecule has 0 spiro atoms. The van der Waals surface area contributed by atoms with E-state index in [1.165, 1.54) is 30.4 Å². The van der Waals surface area contributed by atoms with Crippen molar-refractivity contribution in [3.63, 3.8) is 0 Å². The lowest BCUT2D eigenvalue weighted by Gasteiger charge is -2.28. The number of nitro groups is 1. The molecule has 1 aromatic rings. The van der Waals surface area contributed by atoms with Gasteiger partial charge in [0, 0.05) is 6.07 Å². The number of hydrogen-bond donors (Lipinski definition) is 2. The van der Waals surface area contributed by atoms with Crippen LogP contribution >= 0.6 is 0 Å². The number of nitro benzene ring substituents is 1. The van der Waals surface area contributed by atoms with Crippen LogP contribution in [0.1, 0.15) is 0 Å². The van der Waals surface area contributed by atoms with Gasteiger partial charge in [0.25, 0.3) is 5.69 Å². The molecule has 0 aliphatic carbocycles. The van der Waals surface area contributed by atoms with Crippen LogP contribution in [-0.4, -0.2) is 40.2 Å². The molecule has 0 aromatic heterocycles. The molecular formula is C12H13NO6. The van der Waals surface area contributed by atoms with E-state index in [1.54, 1.807) is 6.07 Å². The molecule has 3 atom stereocenters. The molecule has 1 heterocycles. The molecule has 0 saturated carbocycles. The summed E-state index contributed by atoms with van der Waals surface area (Å²) in [7, 11) is 0. The minimum atomic E-state index is -0.894. The smallest absolute Gasteiger partial charge is 0.273 e. The summed E-state index contributed by atoms with van der Waals surface area (Å²) in [6.07, 6.45) is 0.466. The fraction of sp³-hybridized carbons (Fsp3) is 0.333. The highest BCUT2D eigenvalue weighted by Crippen LogP contribution is 2.22. The standard InChI is InChI=1S/C12H13NO6/c14-7-11-10(15)4-5-12(19-11)18-9-3-1-2-8(6-9)13(16)17/h1-6,10-12,14-15H,7H2/t10-,11+,12-/m0/s1. The molecule has 0 fully saturated rings. The second-order valence-corrected chi connectivity index (χ2v) is 3.97. The van der Waals surface area contributed by atoms with Crippen molar-refractivity contribution in [2.75, 3.05) is 6.61 Å². The van der Waals surface area contributed by atoms with Crippen LogP contribution in [0.5, 0.6) is 5.75 Å². The molecule has 102 valence electrons. The molecule has 2 N–H and O–H groups in total. The zero-order chi connectivity index (χ0) is 13.8. The van der Waals surface area contributed by atoms with Gasteiger partial charge in [-0.15, -0.1) is 0 Å². The molecule has 0 radical (unpaired) electrons. The van der Waals surface area contributed by atoms with Crippen molar-refractivity contribution in [3.05, 3.63) is 46.5 Å². The molecule has 0 saturated heterocycles. The summed E-state index contributed by atoms with van der Waals surface area (Å²) in [6, 6.07) is 5.68. The molecule has 2 rings (SSSR count). The molecule has 0 unspecified atom stereocenters. The molecular weight excluding hydrogens is 254 g/mol. The van der Waals surface area contributed by atoms with E-state index in [9.17, 15) is 15.2 Å². The molecule has 1 aromatic carbocycles. The maximum absolute atomic E-state index is 10.6. The van der Waals surface area contributed by atoms with Gasteiger partial charge in [0.05, 0.1) is 17.6 Å². The van der Waals surface area contributed by atoms with Gasteiger partial charge in [-0.1, -0.05) is 12.1 Å². The zero-order valence-corrected chi connectivity index (χ0v) is 9.88. The molecule has 1 aliphatic heterocycles. The van der Waals surface area contributed by atoms with Gasteiger partial charge in [-0.25, -0.2) is 0 Å². The Balaban J connectivity index is 2.07. The first-order valence-corrected chi connectivity index (χ1v) is 5.64.